The number of aryl methyl sites for hydroxylation is 1. The maximum atomic E-state index is 11.0. The minimum absolute atomic E-state index is 0.0292. The number of nitrogens with zero attached hydrogens (tertiary/aromatic N) is 1. The monoisotopic (exact) mass is 295 g/mol. The highest BCUT2D eigenvalue weighted by Crippen LogP contribution is 2.23. The molecule has 0 aliphatic carbocycles. The molecule has 2 rings (SSSR count). The van der Waals surface area contributed by atoms with Gasteiger partial charge in [0.15, 0.2) is 0 Å². The Morgan fingerprint density at radius 3 is 2.47 bits per heavy atom. The van der Waals surface area contributed by atoms with E-state index in [1.54, 1.807) is 23.5 Å². The fraction of sp³-hybridized carbons (Fsp3) is 0.214. The van der Waals surface area contributed by atoms with E-state index in [1.807, 2.05) is 36.1 Å². The Labute approximate surface area is 121 Å². The second-order valence-corrected chi connectivity index (χ2v) is 6.05. The number of aliphatic carboxylic acids is 1. The molecule has 1 aromatic carbocycles. The molecule has 0 bridgehead atoms. The fourth-order valence-corrected chi connectivity index (χ4v) is 2.84. The third-order valence-electron chi connectivity index (χ3n) is 2.66. The number of hydrogen-bond acceptors (Lipinski definition) is 3. The minimum atomic E-state index is -0.844. The molecular formula is C14H14ClNO2S. The number of anilines is 1. The normalized spacial score (nSPS) is 10.4. The van der Waals surface area contributed by atoms with Crippen LogP contribution in [0.4, 0.5) is 5.69 Å². The molecule has 0 saturated carbocycles. The van der Waals surface area contributed by atoms with Crippen LogP contribution < -0.4 is 4.90 Å². The van der Waals surface area contributed by atoms with E-state index in [4.69, 9.17) is 16.7 Å². The van der Waals surface area contributed by atoms with Gasteiger partial charge < -0.3 is 10.0 Å². The highest BCUT2D eigenvalue weighted by atomic mass is 35.5. The maximum absolute atomic E-state index is 11.0. The van der Waals surface area contributed by atoms with Crippen LogP contribution >= 0.6 is 22.9 Å². The molecule has 1 heterocycles. The molecule has 0 aliphatic rings. The van der Waals surface area contributed by atoms with Crippen LogP contribution in [0, 0.1) is 6.92 Å². The van der Waals surface area contributed by atoms with Crippen molar-refractivity contribution in [2.45, 2.75) is 13.5 Å². The second kappa shape index (κ2) is 6.08. The summed E-state index contributed by atoms with van der Waals surface area (Å²) >= 11 is 7.53. The molecule has 0 amide bonds. The van der Waals surface area contributed by atoms with E-state index >= 15 is 0 Å². The minimum Gasteiger partial charge on any atom is -0.480 e. The van der Waals surface area contributed by atoms with Gasteiger partial charge in [0.25, 0.3) is 0 Å². The van der Waals surface area contributed by atoms with Gasteiger partial charge in [-0.25, -0.2) is 0 Å². The van der Waals surface area contributed by atoms with Gasteiger partial charge >= 0.3 is 5.97 Å². The molecule has 0 aliphatic heterocycles. The largest absolute Gasteiger partial charge is 0.480 e. The Kier molecular flexibility index (Phi) is 4.45. The number of carboxylic acids is 1. The van der Waals surface area contributed by atoms with Crippen molar-refractivity contribution in [1.82, 2.24) is 0 Å². The molecule has 1 N–H and O–H groups in total. The van der Waals surface area contributed by atoms with E-state index in [0.29, 0.717) is 11.6 Å². The summed E-state index contributed by atoms with van der Waals surface area (Å²) in [4.78, 5) is 15.2. The molecular weight excluding hydrogens is 282 g/mol. The average molecular weight is 296 g/mol. The van der Waals surface area contributed by atoms with Crippen LogP contribution in [0.5, 0.6) is 0 Å². The Balaban J connectivity index is 2.20. The van der Waals surface area contributed by atoms with Gasteiger partial charge in [-0.3, -0.25) is 4.79 Å². The first-order valence-electron chi connectivity index (χ1n) is 5.82. The highest BCUT2D eigenvalue weighted by molar-refractivity contribution is 7.11. The lowest BCUT2D eigenvalue weighted by Crippen LogP contribution is -2.28. The molecule has 2 aromatic rings. The maximum Gasteiger partial charge on any atom is 0.323 e. The summed E-state index contributed by atoms with van der Waals surface area (Å²) in [5, 5.41) is 9.66. The molecule has 0 unspecified atom stereocenters. The van der Waals surface area contributed by atoms with Gasteiger partial charge in [0.2, 0.25) is 0 Å². The van der Waals surface area contributed by atoms with Crippen LogP contribution in [0.1, 0.15) is 9.75 Å². The summed E-state index contributed by atoms with van der Waals surface area (Å²) in [5.41, 5.74) is 0.859. The summed E-state index contributed by atoms with van der Waals surface area (Å²) in [6.45, 7) is 2.60. The predicted molar refractivity (Wildman–Crippen MR) is 79.2 cm³/mol. The van der Waals surface area contributed by atoms with Crippen LogP contribution in [0.15, 0.2) is 36.4 Å². The van der Waals surface area contributed by atoms with Crippen molar-refractivity contribution in [1.29, 1.82) is 0 Å². The molecule has 3 nitrogen and oxygen atoms in total. The lowest BCUT2D eigenvalue weighted by Gasteiger charge is -2.22. The Bertz CT molecular complexity index is 565. The number of halogens is 1. The summed E-state index contributed by atoms with van der Waals surface area (Å²) in [6, 6.07) is 11.3. The molecule has 100 valence electrons. The molecule has 0 radical (unpaired) electrons. The first-order valence-corrected chi connectivity index (χ1v) is 7.01. The fourth-order valence-electron chi connectivity index (χ4n) is 1.81. The second-order valence-electron chi connectivity index (χ2n) is 4.24. The van der Waals surface area contributed by atoms with Crippen molar-refractivity contribution >= 4 is 34.6 Å². The number of rotatable bonds is 5. The van der Waals surface area contributed by atoms with E-state index < -0.39 is 5.97 Å². The number of carbonyl (C=O) groups is 1. The third-order valence-corrected chi connectivity index (χ3v) is 3.90. The number of hydrogen-bond donors (Lipinski definition) is 1. The number of benzene rings is 1. The van der Waals surface area contributed by atoms with Gasteiger partial charge in [-0.1, -0.05) is 11.6 Å². The lowest BCUT2D eigenvalue weighted by atomic mass is 10.2. The van der Waals surface area contributed by atoms with Crippen molar-refractivity contribution in [3.05, 3.63) is 51.2 Å². The van der Waals surface area contributed by atoms with E-state index in [-0.39, 0.29) is 6.54 Å². The molecule has 0 saturated heterocycles. The topological polar surface area (TPSA) is 40.5 Å². The van der Waals surface area contributed by atoms with Crippen LogP contribution in [-0.2, 0) is 11.3 Å². The first-order chi connectivity index (χ1) is 9.04. The first kappa shape index (κ1) is 13.9. The van der Waals surface area contributed by atoms with Crippen molar-refractivity contribution in [2.24, 2.45) is 0 Å². The molecule has 19 heavy (non-hydrogen) atoms. The van der Waals surface area contributed by atoms with Gasteiger partial charge in [0.1, 0.15) is 6.54 Å². The summed E-state index contributed by atoms with van der Waals surface area (Å²) in [5.74, 6) is -0.844. The molecule has 0 atom stereocenters. The van der Waals surface area contributed by atoms with Crippen molar-refractivity contribution in [3.8, 4) is 0 Å². The van der Waals surface area contributed by atoms with Gasteiger partial charge in [0.05, 0.1) is 6.54 Å². The zero-order chi connectivity index (χ0) is 13.8. The zero-order valence-corrected chi connectivity index (χ0v) is 12.0. The van der Waals surface area contributed by atoms with E-state index in [2.05, 4.69) is 0 Å². The van der Waals surface area contributed by atoms with E-state index in [9.17, 15) is 4.79 Å². The van der Waals surface area contributed by atoms with E-state index in [1.165, 1.54) is 4.88 Å². The lowest BCUT2D eigenvalue weighted by molar-refractivity contribution is -0.135. The van der Waals surface area contributed by atoms with Crippen molar-refractivity contribution in [2.75, 3.05) is 11.4 Å². The number of thiophene rings is 1. The summed E-state index contributed by atoms with van der Waals surface area (Å²) < 4.78 is 0. The predicted octanol–water partition coefficient (Wildman–Crippen LogP) is 3.80. The van der Waals surface area contributed by atoms with Gasteiger partial charge in [0, 0.05) is 20.5 Å². The molecule has 0 fully saturated rings. The van der Waals surface area contributed by atoms with Crippen LogP contribution in [0.25, 0.3) is 0 Å². The number of carboxylic acid groups (broad SMARTS) is 1. The Morgan fingerprint density at radius 2 is 1.95 bits per heavy atom. The van der Waals surface area contributed by atoms with Crippen molar-refractivity contribution < 1.29 is 9.90 Å². The van der Waals surface area contributed by atoms with E-state index in [0.717, 1.165) is 10.6 Å². The Hall–Kier alpha value is -1.52. The van der Waals surface area contributed by atoms with Crippen molar-refractivity contribution in [3.63, 3.8) is 0 Å². The average Bonchev–Trinajstić information content (AvgIpc) is 2.74. The standard InChI is InChI=1S/C14H14ClNO2S/c1-10-2-7-13(19-10)8-16(9-14(17)18)12-5-3-11(15)4-6-12/h2-7H,8-9H2,1H3,(H,17,18). The van der Waals surface area contributed by atoms with Crippen LogP contribution in [0.2, 0.25) is 5.02 Å². The summed E-state index contributed by atoms with van der Waals surface area (Å²) in [7, 11) is 0. The molecule has 5 heteroatoms. The third kappa shape index (κ3) is 3.98. The van der Waals surface area contributed by atoms with Gasteiger partial charge in [-0.15, -0.1) is 11.3 Å². The summed E-state index contributed by atoms with van der Waals surface area (Å²) in [6.07, 6.45) is 0. The van der Waals surface area contributed by atoms with Crippen LogP contribution in [-0.4, -0.2) is 17.6 Å². The SMILES string of the molecule is Cc1ccc(CN(CC(=O)O)c2ccc(Cl)cc2)s1. The Morgan fingerprint density at radius 1 is 1.26 bits per heavy atom. The smallest absolute Gasteiger partial charge is 0.323 e. The van der Waals surface area contributed by atoms with Gasteiger partial charge in [-0.2, -0.15) is 0 Å². The highest BCUT2D eigenvalue weighted by Gasteiger charge is 2.12. The quantitative estimate of drug-likeness (QED) is 0.912. The zero-order valence-electron chi connectivity index (χ0n) is 10.5. The molecule has 1 aromatic heterocycles. The van der Waals surface area contributed by atoms with Crippen LogP contribution in [0.3, 0.4) is 0 Å². The molecule has 0 spiro atoms. The van der Waals surface area contributed by atoms with Gasteiger partial charge in [-0.05, 0) is 43.3 Å².